The second kappa shape index (κ2) is 13.4. The van der Waals surface area contributed by atoms with Crippen LogP contribution in [-0.4, -0.2) is 47.8 Å². The van der Waals surface area contributed by atoms with Gasteiger partial charge in [0, 0.05) is 45.6 Å². The minimum absolute atomic E-state index is 0.0294. The van der Waals surface area contributed by atoms with Crippen LogP contribution >= 0.6 is 0 Å². The number of carbonyl (C=O) groups is 2. The Morgan fingerprint density at radius 2 is 1.80 bits per heavy atom. The van der Waals surface area contributed by atoms with Crippen LogP contribution in [0.4, 0.5) is 0 Å². The number of piperidine rings is 1. The van der Waals surface area contributed by atoms with Crippen LogP contribution in [0.25, 0.3) is 0 Å². The van der Waals surface area contributed by atoms with Crippen LogP contribution in [0.5, 0.6) is 0 Å². The van der Waals surface area contributed by atoms with Gasteiger partial charge in [-0.05, 0) is 55.7 Å². The number of hydrogen-bond acceptors (Lipinski definition) is 3. The SMILES string of the molecule is CCCN(CCC)C(=O)CCCC(=O)NCc1ccccc1CN1CCCC(C)C1. The first-order valence-corrected chi connectivity index (χ1v) is 11.9. The molecule has 1 unspecified atom stereocenters. The topological polar surface area (TPSA) is 52.7 Å². The van der Waals surface area contributed by atoms with Crippen LogP contribution in [0.2, 0.25) is 0 Å². The lowest BCUT2D eigenvalue weighted by atomic mass is 9.99. The smallest absolute Gasteiger partial charge is 0.222 e. The van der Waals surface area contributed by atoms with Crippen molar-refractivity contribution in [3.8, 4) is 0 Å². The fourth-order valence-electron chi connectivity index (χ4n) is 4.30. The quantitative estimate of drug-likeness (QED) is 0.552. The molecule has 1 saturated heterocycles. The molecular formula is C25H41N3O2. The molecule has 0 bridgehead atoms. The van der Waals surface area contributed by atoms with E-state index in [1.807, 2.05) is 11.0 Å². The van der Waals surface area contributed by atoms with Crippen molar-refractivity contribution in [2.24, 2.45) is 5.92 Å². The van der Waals surface area contributed by atoms with E-state index in [0.717, 1.165) is 51.5 Å². The van der Waals surface area contributed by atoms with Crippen molar-refractivity contribution in [2.45, 2.75) is 78.8 Å². The van der Waals surface area contributed by atoms with Gasteiger partial charge in [-0.2, -0.15) is 0 Å². The first-order chi connectivity index (χ1) is 14.5. The van der Waals surface area contributed by atoms with Gasteiger partial charge < -0.3 is 10.2 Å². The highest BCUT2D eigenvalue weighted by atomic mass is 16.2. The molecule has 1 aliphatic rings. The van der Waals surface area contributed by atoms with Crippen LogP contribution in [0.15, 0.2) is 24.3 Å². The molecule has 0 radical (unpaired) electrons. The molecule has 1 atom stereocenters. The van der Waals surface area contributed by atoms with Crippen molar-refractivity contribution in [3.63, 3.8) is 0 Å². The summed E-state index contributed by atoms with van der Waals surface area (Å²) in [6, 6.07) is 8.41. The lowest BCUT2D eigenvalue weighted by Gasteiger charge is -2.31. The molecule has 168 valence electrons. The summed E-state index contributed by atoms with van der Waals surface area (Å²) in [6.07, 6.45) is 6.02. The van der Waals surface area contributed by atoms with E-state index >= 15 is 0 Å². The summed E-state index contributed by atoms with van der Waals surface area (Å²) in [5.41, 5.74) is 2.49. The average molecular weight is 416 g/mol. The summed E-state index contributed by atoms with van der Waals surface area (Å²) < 4.78 is 0. The van der Waals surface area contributed by atoms with Gasteiger partial charge in [0.25, 0.3) is 0 Å². The fraction of sp³-hybridized carbons (Fsp3) is 0.680. The molecule has 0 aromatic heterocycles. The van der Waals surface area contributed by atoms with Gasteiger partial charge in [0.05, 0.1) is 0 Å². The average Bonchev–Trinajstić information content (AvgIpc) is 2.73. The van der Waals surface area contributed by atoms with E-state index in [0.29, 0.717) is 25.8 Å². The minimum Gasteiger partial charge on any atom is -0.352 e. The second-order valence-corrected chi connectivity index (χ2v) is 8.76. The largest absolute Gasteiger partial charge is 0.352 e. The van der Waals surface area contributed by atoms with E-state index in [4.69, 9.17) is 0 Å². The molecule has 30 heavy (non-hydrogen) atoms. The van der Waals surface area contributed by atoms with Crippen LogP contribution in [-0.2, 0) is 22.7 Å². The van der Waals surface area contributed by atoms with Gasteiger partial charge in [-0.15, -0.1) is 0 Å². The fourth-order valence-corrected chi connectivity index (χ4v) is 4.30. The highest BCUT2D eigenvalue weighted by Crippen LogP contribution is 2.19. The van der Waals surface area contributed by atoms with Gasteiger partial charge in [0.1, 0.15) is 0 Å². The number of rotatable bonds is 12. The predicted octanol–water partition coefficient (Wildman–Crippen LogP) is 4.35. The first-order valence-electron chi connectivity index (χ1n) is 11.9. The molecule has 0 aliphatic carbocycles. The molecule has 1 aromatic rings. The maximum atomic E-state index is 12.3. The van der Waals surface area contributed by atoms with Crippen LogP contribution in [0, 0.1) is 5.92 Å². The van der Waals surface area contributed by atoms with Gasteiger partial charge in [-0.25, -0.2) is 0 Å². The number of hydrogen-bond donors (Lipinski definition) is 1. The maximum absolute atomic E-state index is 12.3. The zero-order chi connectivity index (χ0) is 21.8. The molecule has 5 nitrogen and oxygen atoms in total. The maximum Gasteiger partial charge on any atom is 0.222 e. The molecular weight excluding hydrogens is 374 g/mol. The lowest BCUT2D eigenvalue weighted by molar-refractivity contribution is -0.131. The van der Waals surface area contributed by atoms with Gasteiger partial charge in [-0.3, -0.25) is 14.5 Å². The number of benzene rings is 1. The molecule has 0 spiro atoms. The highest BCUT2D eigenvalue weighted by Gasteiger charge is 2.17. The summed E-state index contributed by atoms with van der Waals surface area (Å²) in [4.78, 5) is 29.1. The van der Waals surface area contributed by atoms with Crippen molar-refractivity contribution in [1.82, 2.24) is 15.1 Å². The summed E-state index contributed by atoms with van der Waals surface area (Å²) in [7, 11) is 0. The molecule has 1 aliphatic heterocycles. The summed E-state index contributed by atoms with van der Waals surface area (Å²) in [6.45, 7) is 12.0. The number of nitrogens with zero attached hydrogens (tertiary/aromatic N) is 2. The molecule has 2 amide bonds. The van der Waals surface area contributed by atoms with Crippen LogP contribution < -0.4 is 5.32 Å². The van der Waals surface area contributed by atoms with Gasteiger partial charge in [0.2, 0.25) is 11.8 Å². The monoisotopic (exact) mass is 415 g/mol. The molecule has 5 heteroatoms. The van der Waals surface area contributed by atoms with E-state index in [1.54, 1.807) is 0 Å². The van der Waals surface area contributed by atoms with Gasteiger partial charge >= 0.3 is 0 Å². The molecule has 1 aromatic carbocycles. The third-order valence-electron chi connectivity index (χ3n) is 5.86. The Labute approximate surface area is 183 Å². The minimum atomic E-state index is 0.0294. The Morgan fingerprint density at radius 1 is 1.10 bits per heavy atom. The van der Waals surface area contributed by atoms with E-state index in [9.17, 15) is 9.59 Å². The van der Waals surface area contributed by atoms with Gasteiger partial charge in [-0.1, -0.05) is 45.0 Å². The Morgan fingerprint density at radius 3 is 2.47 bits per heavy atom. The summed E-state index contributed by atoms with van der Waals surface area (Å²) in [5, 5.41) is 3.06. The molecule has 2 rings (SSSR count). The van der Waals surface area contributed by atoms with Crippen molar-refractivity contribution >= 4 is 11.8 Å². The van der Waals surface area contributed by atoms with Crippen molar-refractivity contribution in [1.29, 1.82) is 0 Å². The highest BCUT2D eigenvalue weighted by molar-refractivity contribution is 5.79. The second-order valence-electron chi connectivity index (χ2n) is 8.76. The first kappa shape index (κ1) is 24.4. The van der Waals surface area contributed by atoms with E-state index in [2.05, 4.69) is 49.2 Å². The zero-order valence-electron chi connectivity index (χ0n) is 19.3. The van der Waals surface area contributed by atoms with Crippen LogP contribution in [0.1, 0.15) is 76.8 Å². The Balaban J connectivity index is 1.76. The zero-order valence-corrected chi connectivity index (χ0v) is 19.3. The molecule has 1 heterocycles. The molecule has 1 fully saturated rings. The number of likely N-dealkylation sites (tertiary alicyclic amines) is 1. The van der Waals surface area contributed by atoms with E-state index in [1.165, 1.54) is 24.0 Å². The number of amides is 2. The Bertz CT molecular complexity index is 656. The summed E-state index contributed by atoms with van der Waals surface area (Å²) in [5.74, 6) is 0.966. The number of nitrogens with one attached hydrogen (secondary N) is 1. The van der Waals surface area contributed by atoms with Crippen LogP contribution in [0.3, 0.4) is 0 Å². The van der Waals surface area contributed by atoms with Gasteiger partial charge in [0.15, 0.2) is 0 Å². The third-order valence-corrected chi connectivity index (χ3v) is 5.86. The molecule has 0 saturated carbocycles. The Hall–Kier alpha value is -1.88. The lowest BCUT2D eigenvalue weighted by Crippen LogP contribution is -2.34. The van der Waals surface area contributed by atoms with Crippen molar-refractivity contribution in [2.75, 3.05) is 26.2 Å². The predicted molar refractivity (Wildman–Crippen MR) is 123 cm³/mol. The number of carbonyl (C=O) groups excluding carboxylic acids is 2. The van der Waals surface area contributed by atoms with E-state index < -0.39 is 0 Å². The normalized spacial score (nSPS) is 17.0. The Kier molecular flexibility index (Phi) is 10.9. The third kappa shape index (κ3) is 8.47. The van der Waals surface area contributed by atoms with E-state index in [-0.39, 0.29) is 11.8 Å². The molecule has 1 N–H and O–H groups in total. The standard InChI is InChI=1S/C25H41N3O2/c1-4-15-28(16-5-2)25(30)14-8-13-24(29)26-18-22-11-6-7-12-23(22)20-27-17-9-10-21(3)19-27/h6-7,11-12,21H,4-5,8-10,13-20H2,1-3H3,(H,26,29). The summed E-state index contributed by atoms with van der Waals surface area (Å²) >= 11 is 0. The van der Waals surface area contributed by atoms with Crippen molar-refractivity contribution in [3.05, 3.63) is 35.4 Å². The van der Waals surface area contributed by atoms with Crippen molar-refractivity contribution < 1.29 is 9.59 Å².